The molecule has 17 heavy (non-hydrogen) atoms. The van der Waals surface area contributed by atoms with Crippen molar-refractivity contribution >= 4 is 19.7 Å². The molecule has 0 N–H and O–H groups in total. The fraction of sp³-hybridized carbons (Fsp3) is 0.231. The van der Waals surface area contributed by atoms with E-state index in [0.29, 0.717) is 0 Å². The molecule has 2 nitrogen and oxygen atoms in total. The average molecular weight is 269 g/mol. The summed E-state index contributed by atoms with van der Waals surface area (Å²) in [5.41, 5.74) is 1.13. The lowest BCUT2D eigenvalue weighted by atomic mass is 9.91. The minimum Gasteiger partial charge on any atom is -0.211 e. The van der Waals surface area contributed by atoms with Crippen molar-refractivity contribution < 1.29 is 8.42 Å². The van der Waals surface area contributed by atoms with Crippen LogP contribution in [0.1, 0.15) is 18.4 Å². The van der Waals surface area contributed by atoms with Crippen molar-refractivity contribution in [1.82, 2.24) is 0 Å². The van der Waals surface area contributed by atoms with Crippen LogP contribution in [0.15, 0.2) is 54.6 Å². The van der Waals surface area contributed by atoms with Gasteiger partial charge in [0.25, 0.3) is 0 Å². The lowest BCUT2D eigenvalue weighted by Gasteiger charge is -2.23. The van der Waals surface area contributed by atoms with Crippen molar-refractivity contribution in [3.8, 4) is 0 Å². The molecule has 0 saturated carbocycles. The van der Waals surface area contributed by atoms with E-state index in [4.69, 9.17) is 10.7 Å². The smallest absolute Gasteiger partial charge is 0.211 e. The number of hydrogen-bond donors (Lipinski definition) is 0. The molecule has 2 rings (SSSR count). The maximum Gasteiger partial charge on any atom is 0.245 e. The second-order valence-electron chi connectivity index (χ2n) is 4.28. The molecule has 1 aliphatic carbocycles. The molecule has 0 bridgehead atoms. The van der Waals surface area contributed by atoms with Gasteiger partial charge >= 0.3 is 0 Å². The van der Waals surface area contributed by atoms with Gasteiger partial charge in [0.2, 0.25) is 9.05 Å². The molecule has 1 aromatic carbocycles. The highest BCUT2D eigenvalue weighted by Gasteiger charge is 2.34. The predicted molar refractivity (Wildman–Crippen MR) is 70.6 cm³/mol. The van der Waals surface area contributed by atoms with Gasteiger partial charge in [0.05, 0.1) is 0 Å². The van der Waals surface area contributed by atoms with Crippen LogP contribution in [0.4, 0.5) is 0 Å². The van der Waals surface area contributed by atoms with Crippen LogP contribution in [0.2, 0.25) is 0 Å². The zero-order valence-corrected chi connectivity index (χ0v) is 10.9. The van der Waals surface area contributed by atoms with E-state index in [-0.39, 0.29) is 5.92 Å². The van der Waals surface area contributed by atoms with E-state index >= 15 is 0 Å². The third-order valence-electron chi connectivity index (χ3n) is 2.98. The minimum absolute atomic E-state index is 0.114. The van der Waals surface area contributed by atoms with Gasteiger partial charge in [-0.2, -0.15) is 0 Å². The minimum atomic E-state index is -3.63. The first-order valence-corrected chi connectivity index (χ1v) is 7.61. The Morgan fingerprint density at radius 3 is 2.12 bits per heavy atom. The van der Waals surface area contributed by atoms with E-state index in [2.05, 4.69) is 0 Å². The zero-order chi connectivity index (χ0) is 12.5. The lowest BCUT2D eigenvalue weighted by molar-refractivity contribution is 0.594. The molecule has 0 heterocycles. The van der Waals surface area contributed by atoms with E-state index in [1.165, 1.54) is 0 Å². The van der Waals surface area contributed by atoms with Gasteiger partial charge in [0.15, 0.2) is 0 Å². The van der Waals surface area contributed by atoms with Gasteiger partial charge in [-0.05, 0) is 12.5 Å². The lowest BCUT2D eigenvalue weighted by Crippen LogP contribution is -2.28. The number of halogens is 1. The van der Waals surface area contributed by atoms with E-state index in [0.717, 1.165) is 5.56 Å². The highest BCUT2D eigenvalue weighted by molar-refractivity contribution is 8.15. The number of rotatable bonds is 2. The van der Waals surface area contributed by atoms with Crippen molar-refractivity contribution in [2.75, 3.05) is 0 Å². The number of benzene rings is 1. The van der Waals surface area contributed by atoms with Gasteiger partial charge in [0.1, 0.15) is 4.75 Å². The Kier molecular flexibility index (Phi) is 3.15. The van der Waals surface area contributed by atoms with Crippen LogP contribution >= 0.6 is 10.7 Å². The zero-order valence-electron chi connectivity index (χ0n) is 9.38. The number of hydrogen-bond acceptors (Lipinski definition) is 2. The molecule has 0 spiro atoms. The first-order valence-electron chi connectivity index (χ1n) is 5.30. The number of allylic oxidation sites excluding steroid dienone is 2. The molecule has 4 heteroatoms. The van der Waals surface area contributed by atoms with Crippen molar-refractivity contribution in [3.63, 3.8) is 0 Å². The first kappa shape index (κ1) is 12.4. The van der Waals surface area contributed by atoms with Crippen molar-refractivity contribution in [3.05, 3.63) is 60.2 Å². The highest BCUT2D eigenvalue weighted by atomic mass is 35.7. The molecule has 1 aliphatic rings. The molecule has 90 valence electrons. The summed E-state index contributed by atoms with van der Waals surface area (Å²) in [6.07, 6.45) is 7.03. The van der Waals surface area contributed by atoms with E-state index < -0.39 is 13.8 Å². The Bertz CT molecular complexity index is 544. The fourth-order valence-electron chi connectivity index (χ4n) is 1.77. The highest BCUT2D eigenvalue weighted by Crippen LogP contribution is 2.32. The first-order chi connectivity index (χ1) is 7.92. The molecule has 0 atom stereocenters. The van der Waals surface area contributed by atoms with Gasteiger partial charge in [-0.3, -0.25) is 0 Å². The monoisotopic (exact) mass is 268 g/mol. The predicted octanol–water partition coefficient (Wildman–Crippen LogP) is 3.22. The largest absolute Gasteiger partial charge is 0.245 e. The van der Waals surface area contributed by atoms with E-state index in [1.54, 1.807) is 19.1 Å². The average Bonchev–Trinajstić information content (AvgIpc) is 2.30. The third-order valence-corrected chi connectivity index (χ3v) is 5.30. The fourth-order valence-corrected chi connectivity index (χ4v) is 2.56. The molecule has 0 saturated heterocycles. The summed E-state index contributed by atoms with van der Waals surface area (Å²) in [7, 11) is 1.78. The molecule has 0 aliphatic heterocycles. The summed E-state index contributed by atoms with van der Waals surface area (Å²) >= 11 is 0. The van der Waals surface area contributed by atoms with Gasteiger partial charge in [-0.15, -0.1) is 0 Å². The molecule has 0 radical (unpaired) electrons. The second kappa shape index (κ2) is 4.31. The molecular weight excluding hydrogens is 256 g/mol. The van der Waals surface area contributed by atoms with Crippen LogP contribution in [-0.2, 0) is 9.05 Å². The van der Waals surface area contributed by atoms with E-state index in [9.17, 15) is 8.42 Å². The van der Waals surface area contributed by atoms with Crippen molar-refractivity contribution in [2.45, 2.75) is 17.6 Å². The summed E-state index contributed by atoms with van der Waals surface area (Å²) in [6, 6.07) is 9.90. The molecular formula is C13H13ClO2S. The van der Waals surface area contributed by atoms with Crippen molar-refractivity contribution in [2.24, 2.45) is 0 Å². The second-order valence-corrected chi connectivity index (χ2v) is 7.25. The maximum atomic E-state index is 11.4. The van der Waals surface area contributed by atoms with E-state index in [1.807, 2.05) is 42.5 Å². The third kappa shape index (κ3) is 2.45. The Morgan fingerprint density at radius 1 is 1.12 bits per heavy atom. The van der Waals surface area contributed by atoms with Crippen LogP contribution in [0.5, 0.6) is 0 Å². The van der Waals surface area contributed by atoms with Crippen LogP contribution in [0.3, 0.4) is 0 Å². The summed E-state index contributed by atoms with van der Waals surface area (Å²) in [6.45, 7) is 1.59. The SMILES string of the molecule is CC1(S(=O)(=O)Cl)C=CC(c2ccccc2)C=C1. The standard InChI is InChI=1S/C13H13ClO2S/c1-13(17(14,15)16)9-7-12(8-10-13)11-5-3-2-4-6-11/h2-10,12H,1H3. The summed E-state index contributed by atoms with van der Waals surface area (Å²) in [4.78, 5) is 0. The Morgan fingerprint density at radius 2 is 1.65 bits per heavy atom. The molecule has 1 aromatic rings. The normalized spacial score (nSPS) is 28.2. The van der Waals surface area contributed by atoms with Gasteiger partial charge in [-0.25, -0.2) is 8.42 Å². The molecule has 0 amide bonds. The Balaban J connectivity index is 2.28. The molecule has 0 aromatic heterocycles. The van der Waals surface area contributed by atoms with Gasteiger partial charge < -0.3 is 0 Å². The van der Waals surface area contributed by atoms with Crippen LogP contribution in [-0.4, -0.2) is 13.2 Å². The van der Waals surface area contributed by atoms with Crippen molar-refractivity contribution in [1.29, 1.82) is 0 Å². The molecule has 0 unspecified atom stereocenters. The van der Waals surface area contributed by atoms with Gasteiger partial charge in [0, 0.05) is 16.6 Å². The van der Waals surface area contributed by atoms with Gasteiger partial charge in [-0.1, -0.05) is 54.6 Å². The summed E-state index contributed by atoms with van der Waals surface area (Å²) in [5.74, 6) is 0.114. The Labute approximate surface area is 106 Å². The summed E-state index contributed by atoms with van der Waals surface area (Å²) in [5, 5.41) is 0. The summed E-state index contributed by atoms with van der Waals surface area (Å²) < 4.78 is 21.7. The van der Waals surface area contributed by atoms with Crippen LogP contribution in [0, 0.1) is 0 Å². The van der Waals surface area contributed by atoms with Crippen LogP contribution in [0.25, 0.3) is 0 Å². The Hall–Kier alpha value is -1.06. The molecule has 0 fully saturated rings. The quantitative estimate of drug-likeness (QED) is 0.610. The van der Waals surface area contributed by atoms with Crippen LogP contribution < -0.4 is 0 Å². The maximum absolute atomic E-state index is 11.4. The topological polar surface area (TPSA) is 34.1 Å².